The molecule has 0 saturated carbocycles. The van der Waals surface area contributed by atoms with Gasteiger partial charge in [0.05, 0.1) is 19.3 Å². The van der Waals surface area contributed by atoms with Crippen LogP contribution in [0.4, 0.5) is 5.69 Å². The van der Waals surface area contributed by atoms with Crippen molar-refractivity contribution in [2.24, 2.45) is 10.3 Å². The van der Waals surface area contributed by atoms with Gasteiger partial charge in [0, 0.05) is 0 Å². The Kier molecular flexibility index (Phi) is 2.62. The highest BCUT2D eigenvalue weighted by Crippen LogP contribution is 2.19. The molecule has 1 aromatic carbocycles. The molecule has 0 aromatic heterocycles. The highest BCUT2D eigenvalue weighted by atomic mass is 16.5. The Morgan fingerprint density at radius 1 is 1.47 bits per heavy atom. The maximum absolute atomic E-state index is 11.2. The number of para-hydroxylation sites is 1. The predicted octanol–water partition coefficient (Wildman–Crippen LogP) is 1.42. The lowest BCUT2D eigenvalue weighted by molar-refractivity contribution is -0.141. The van der Waals surface area contributed by atoms with Crippen molar-refractivity contribution in [3.63, 3.8) is 0 Å². The van der Waals surface area contributed by atoms with Crippen LogP contribution in [0.25, 0.3) is 0 Å². The van der Waals surface area contributed by atoms with E-state index in [1.165, 1.54) is 7.11 Å². The largest absolute Gasteiger partial charge is 0.467 e. The molecule has 1 heterocycles. The molecular weight excluding hydrogens is 194 g/mol. The van der Waals surface area contributed by atoms with Crippen LogP contribution in [0.1, 0.15) is 0 Å². The van der Waals surface area contributed by atoms with Gasteiger partial charge in [-0.25, -0.2) is 9.80 Å². The molecule has 0 radical (unpaired) electrons. The summed E-state index contributed by atoms with van der Waals surface area (Å²) in [6, 6.07) is 9.08. The van der Waals surface area contributed by atoms with Crippen molar-refractivity contribution in [3.8, 4) is 0 Å². The van der Waals surface area contributed by atoms with E-state index in [-0.39, 0.29) is 5.97 Å². The van der Waals surface area contributed by atoms with E-state index in [1.54, 1.807) is 5.01 Å². The number of benzene rings is 1. The van der Waals surface area contributed by atoms with Gasteiger partial charge in [-0.05, 0) is 12.1 Å². The zero-order valence-corrected chi connectivity index (χ0v) is 8.33. The Labute approximate surface area is 87.3 Å². The van der Waals surface area contributed by atoms with Crippen LogP contribution in [-0.2, 0) is 9.53 Å². The van der Waals surface area contributed by atoms with Crippen molar-refractivity contribution in [2.45, 2.75) is 6.04 Å². The Morgan fingerprint density at radius 2 is 2.20 bits per heavy atom. The lowest BCUT2D eigenvalue weighted by atomic mass is 10.3. The molecule has 5 nitrogen and oxygen atoms in total. The lowest BCUT2D eigenvalue weighted by Gasteiger charge is -2.12. The second kappa shape index (κ2) is 4.08. The first-order chi connectivity index (χ1) is 7.31. The van der Waals surface area contributed by atoms with E-state index in [1.807, 2.05) is 30.3 Å². The minimum Gasteiger partial charge on any atom is -0.467 e. The van der Waals surface area contributed by atoms with Crippen LogP contribution >= 0.6 is 0 Å². The fraction of sp³-hybridized carbons (Fsp3) is 0.300. The van der Waals surface area contributed by atoms with Crippen LogP contribution in [0.15, 0.2) is 40.7 Å². The number of anilines is 1. The minimum atomic E-state index is -0.504. The number of nitrogens with zero attached hydrogens (tertiary/aromatic N) is 3. The summed E-state index contributed by atoms with van der Waals surface area (Å²) < 4.78 is 4.60. The molecule has 2 rings (SSSR count). The maximum atomic E-state index is 11.2. The highest BCUT2D eigenvalue weighted by Gasteiger charge is 2.27. The predicted molar refractivity (Wildman–Crippen MR) is 54.4 cm³/mol. The van der Waals surface area contributed by atoms with E-state index in [0.717, 1.165) is 5.69 Å². The Hall–Kier alpha value is -1.91. The van der Waals surface area contributed by atoms with Crippen molar-refractivity contribution in [1.82, 2.24) is 0 Å². The molecule has 78 valence electrons. The van der Waals surface area contributed by atoms with Gasteiger partial charge in [0.25, 0.3) is 0 Å². The molecule has 1 atom stereocenters. The van der Waals surface area contributed by atoms with E-state index in [2.05, 4.69) is 15.1 Å². The van der Waals surface area contributed by atoms with Crippen LogP contribution < -0.4 is 5.01 Å². The van der Waals surface area contributed by atoms with Gasteiger partial charge >= 0.3 is 5.97 Å². The quantitative estimate of drug-likeness (QED) is 0.686. The molecule has 0 bridgehead atoms. The molecule has 1 aliphatic heterocycles. The molecule has 0 saturated heterocycles. The summed E-state index contributed by atoms with van der Waals surface area (Å²) in [7, 11) is 1.35. The zero-order chi connectivity index (χ0) is 10.7. The fourth-order valence-electron chi connectivity index (χ4n) is 1.38. The zero-order valence-electron chi connectivity index (χ0n) is 8.33. The third kappa shape index (κ3) is 1.96. The number of methoxy groups -OCH3 is 1. The molecule has 1 aromatic rings. The number of rotatable bonds is 2. The van der Waals surface area contributed by atoms with Crippen LogP contribution in [0.2, 0.25) is 0 Å². The number of carbonyl (C=O) groups excluding carboxylic acids is 1. The summed E-state index contributed by atoms with van der Waals surface area (Å²) in [5, 5.41) is 9.44. The monoisotopic (exact) mass is 205 g/mol. The summed E-state index contributed by atoms with van der Waals surface area (Å²) in [6.45, 7) is 0.441. The summed E-state index contributed by atoms with van der Waals surface area (Å²) in [6.07, 6.45) is 0. The van der Waals surface area contributed by atoms with Gasteiger partial charge in [0.2, 0.25) is 0 Å². The number of ether oxygens (including phenoxy) is 1. The standard InChI is InChI=1S/C10H11N3O2/c1-15-10(14)9-7-13(12-11-9)8-5-3-2-4-6-8/h2-6,9H,7H2,1H3/t9-/m1/s1. The summed E-state index contributed by atoms with van der Waals surface area (Å²) in [5.41, 5.74) is 0.924. The first-order valence-electron chi connectivity index (χ1n) is 4.62. The third-order valence-electron chi connectivity index (χ3n) is 2.17. The first kappa shape index (κ1) is 9.64. The van der Waals surface area contributed by atoms with Crippen molar-refractivity contribution in [1.29, 1.82) is 0 Å². The third-order valence-corrected chi connectivity index (χ3v) is 2.17. The van der Waals surface area contributed by atoms with Crippen LogP contribution in [-0.4, -0.2) is 25.7 Å². The molecule has 15 heavy (non-hydrogen) atoms. The topological polar surface area (TPSA) is 54.3 Å². The van der Waals surface area contributed by atoms with E-state index >= 15 is 0 Å². The molecule has 5 heteroatoms. The fourth-order valence-corrected chi connectivity index (χ4v) is 1.38. The van der Waals surface area contributed by atoms with Gasteiger partial charge < -0.3 is 4.74 Å². The molecule has 0 spiro atoms. The number of hydrogen-bond acceptors (Lipinski definition) is 5. The normalized spacial score (nSPS) is 19.3. The lowest BCUT2D eigenvalue weighted by Crippen LogP contribution is -2.27. The number of esters is 1. The van der Waals surface area contributed by atoms with Crippen molar-refractivity contribution >= 4 is 11.7 Å². The van der Waals surface area contributed by atoms with Gasteiger partial charge in [-0.3, -0.25) is 0 Å². The molecule has 0 amide bonds. The van der Waals surface area contributed by atoms with E-state index in [9.17, 15) is 4.79 Å². The minimum absolute atomic E-state index is 0.350. The molecule has 0 N–H and O–H groups in total. The van der Waals surface area contributed by atoms with E-state index in [0.29, 0.717) is 6.54 Å². The van der Waals surface area contributed by atoms with Crippen molar-refractivity contribution in [3.05, 3.63) is 30.3 Å². The second-order valence-corrected chi connectivity index (χ2v) is 3.16. The second-order valence-electron chi connectivity index (χ2n) is 3.16. The summed E-state index contributed by atoms with van der Waals surface area (Å²) >= 11 is 0. The van der Waals surface area contributed by atoms with Gasteiger partial charge in [-0.2, -0.15) is 5.11 Å². The van der Waals surface area contributed by atoms with Crippen molar-refractivity contribution in [2.75, 3.05) is 18.7 Å². The average Bonchev–Trinajstić information content (AvgIpc) is 2.78. The van der Waals surface area contributed by atoms with Gasteiger partial charge in [0.1, 0.15) is 0 Å². The molecule has 0 unspecified atom stereocenters. The average molecular weight is 205 g/mol. The number of hydrogen-bond donors (Lipinski definition) is 0. The Morgan fingerprint density at radius 3 is 2.87 bits per heavy atom. The smallest absolute Gasteiger partial charge is 0.334 e. The van der Waals surface area contributed by atoms with Crippen LogP contribution in [0.3, 0.4) is 0 Å². The van der Waals surface area contributed by atoms with Crippen LogP contribution in [0.5, 0.6) is 0 Å². The SMILES string of the molecule is COC(=O)[C@H]1CN(c2ccccc2)N=N1. The van der Waals surface area contributed by atoms with Crippen molar-refractivity contribution < 1.29 is 9.53 Å². The van der Waals surface area contributed by atoms with E-state index < -0.39 is 6.04 Å². The van der Waals surface area contributed by atoms with Gasteiger partial charge in [-0.15, -0.1) is 0 Å². The van der Waals surface area contributed by atoms with E-state index in [4.69, 9.17) is 0 Å². The van der Waals surface area contributed by atoms with Gasteiger partial charge in [-0.1, -0.05) is 23.4 Å². The highest BCUT2D eigenvalue weighted by molar-refractivity contribution is 5.77. The molecule has 0 aliphatic carbocycles. The van der Waals surface area contributed by atoms with Gasteiger partial charge in [0.15, 0.2) is 6.04 Å². The summed E-state index contributed by atoms with van der Waals surface area (Å²) in [5.74, 6) is -0.350. The first-order valence-corrected chi connectivity index (χ1v) is 4.62. The number of carbonyl (C=O) groups is 1. The Balaban J connectivity index is 2.06. The molecule has 0 fully saturated rings. The molecule has 1 aliphatic rings. The van der Waals surface area contributed by atoms with Crippen LogP contribution in [0, 0.1) is 0 Å². The Bertz CT molecular complexity index is 378. The summed E-state index contributed by atoms with van der Waals surface area (Å²) in [4.78, 5) is 11.2. The maximum Gasteiger partial charge on any atom is 0.334 e. The molecular formula is C10H11N3O2.